The zero-order chi connectivity index (χ0) is 12.0. The van der Waals surface area contributed by atoms with Gasteiger partial charge in [0.15, 0.2) is 0 Å². The number of rotatable bonds is 2. The van der Waals surface area contributed by atoms with Crippen LogP contribution in [-0.4, -0.2) is 4.92 Å². The minimum absolute atomic E-state index is 0.164. The first kappa shape index (κ1) is 10.6. The molecule has 2 aliphatic rings. The molecule has 3 rings (SSSR count). The predicted octanol–water partition coefficient (Wildman–Crippen LogP) is 3.08. The lowest BCUT2D eigenvalue weighted by atomic mass is 9.82. The van der Waals surface area contributed by atoms with Gasteiger partial charge in [-0.15, -0.1) is 0 Å². The second-order valence-corrected chi connectivity index (χ2v) is 5.35. The first-order chi connectivity index (χ1) is 8.15. The van der Waals surface area contributed by atoms with Crippen molar-refractivity contribution in [3.63, 3.8) is 0 Å². The normalized spacial score (nSPS) is 30.7. The Morgan fingerprint density at radius 1 is 1.29 bits per heavy atom. The van der Waals surface area contributed by atoms with Gasteiger partial charge in [0.05, 0.1) is 4.92 Å². The summed E-state index contributed by atoms with van der Waals surface area (Å²) in [5.41, 5.74) is 7.86. The smallest absolute Gasteiger partial charge is 0.269 e. The molecule has 0 aromatic heterocycles. The molecule has 1 aromatic carbocycles. The van der Waals surface area contributed by atoms with E-state index >= 15 is 0 Å². The molecule has 1 aromatic rings. The molecule has 90 valence electrons. The number of non-ortho nitro benzene ring substituents is 1. The molecular weight excluding hydrogens is 216 g/mol. The van der Waals surface area contributed by atoms with Gasteiger partial charge >= 0.3 is 0 Å². The Labute approximate surface area is 100.0 Å². The molecule has 17 heavy (non-hydrogen) atoms. The lowest BCUT2D eigenvalue weighted by molar-refractivity contribution is -0.384. The van der Waals surface area contributed by atoms with E-state index in [0.29, 0.717) is 17.5 Å². The van der Waals surface area contributed by atoms with E-state index in [1.807, 2.05) is 0 Å². The van der Waals surface area contributed by atoms with Gasteiger partial charge in [-0.25, -0.2) is 0 Å². The average Bonchev–Trinajstić information content (AvgIpc) is 2.91. The van der Waals surface area contributed by atoms with Crippen LogP contribution in [0.3, 0.4) is 0 Å². The van der Waals surface area contributed by atoms with Crippen molar-refractivity contribution in [2.24, 2.45) is 11.8 Å². The second kappa shape index (κ2) is 3.72. The molecule has 0 radical (unpaired) electrons. The average molecular weight is 232 g/mol. The van der Waals surface area contributed by atoms with Gasteiger partial charge in [0.25, 0.3) is 5.69 Å². The van der Waals surface area contributed by atoms with Crippen LogP contribution in [0.4, 0.5) is 11.4 Å². The number of nitro benzene ring substituents is 1. The van der Waals surface area contributed by atoms with Gasteiger partial charge < -0.3 is 5.73 Å². The van der Waals surface area contributed by atoms with Gasteiger partial charge in [-0.05, 0) is 48.6 Å². The molecule has 0 unspecified atom stereocenters. The summed E-state index contributed by atoms with van der Waals surface area (Å²) in [4.78, 5) is 10.5. The largest absolute Gasteiger partial charge is 0.398 e. The Hall–Kier alpha value is -1.58. The van der Waals surface area contributed by atoms with Crippen LogP contribution >= 0.6 is 0 Å². The maximum atomic E-state index is 10.8. The first-order valence-corrected chi connectivity index (χ1v) is 6.19. The van der Waals surface area contributed by atoms with Crippen LogP contribution in [-0.2, 0) is 0 Å². The summed E-state index contributed by atoms with van der Waals surface area (Å²) >= 11 is 0. The highest BCUT2D eigenvalue weighted by molar-refractivity contribution is 5.54. The molecule has 2 N–H and O–H groups in total. The summed E-state index contributed by atoms with van der Waals surface area (Å²) < 4.78 is 0. The van der Waals surface area contributed by atoms with Crippen molar-refractivity contribution in [1.82, 2.24) is 0 Å². The Morgan fingerprint density at radius 2 is 2.12 bits per heavy atom. The van der Waals surface area contributed by atoms with E-state index in [4.69, 9.17) is 5.73 Å². The number of hydrogen-bond donors (Lipinski definition) is 1. The summed E-state index contributed by atoms with van der Waals surface area (Å²) in [5.74, 6) is 1.97. The zero-order valence-electron chi connectivity index (χ0n) is 9.63. The molecule has 2 bridgehead atoms. The van der Waals surface area contributed by atoms with Crippen molar-refractivity contribution in [3.8, 4) is 0 Å². The minimum Gasteiger partial charge on any atom is -0.398 e. The van der Waals surface area contributed by atoms with Crippen LogP contribution in [0.2, 0.25) is 0 Å². The second-order valence-electron chi connectivity index (χ2n) is 5.35. The number of nitrogens with two attached hydrogens (primary N) is 1. The molecule has 0 aliphatic heterocycles. The molecule has 2 fully saturated rings. The van der Waals surface area contributed by atoms with E-state index in [9.17, 15) is 10.1 Å². The number of hydrogen-bond acceptors (Lipinski definition) is 3. The maximum Gasteiger partial charge on any atom is 0.269 e. The van der Waals surface area contributed by atoms with E-state index in [2.05, 4.69) is 0 Å². The van der Waals surface area contributed by atoms with Crippen LogP contribution < -0.4 is 5.73 Å². The number of fused-ring (bicyclic) bond motifs is 2. The van der Waals surface area contributed by atoms with Crippen molar-refractivity contribution in [2.75, 3.05) is 5.73 Å². The molecule has 4 nitrogen and oxygen atoms in total. The van der Waals surface area contributed by atoms with Gasteiger partial charge in [0.1, 0.15) is 0 Å². The van der Waals surface area contributed by atoms with Crippen LogP contribution in [0, 0.1) is 22.0 Å². The molecule has 0 saturated heterocycles. The minimum atomic E-state index is -0.337. The van der Waals surface area contributed by atoms with E-state index in [0.717, 1.165) is 17.9 Å². The Balaban J connectivity index is 1.96. The fraction of sp³-hybridized carbons (Fsp3) is 0.538. The number of nitrogen functional groups attached to an aromatic ring is 1. The highest BCUT2D eigenvalue weighted by Crippen LogP contribution is 2.54. The summed E-state index contributed by atoms with van der Waals surface area (Å²) in [6, 6.07) is 4.85. The van der Waals surface area contributed by atoms with Gasteiger partial charge in [-0.1, -0.05) is 6.42 Å². The standard InChI is InChI=1S/C13H16N2O2/c14-13-4-3-10(15(16)17)7-12(13)11-6-8-1-2-9(11)5-8/h3-4,7-9,11H,1-2,5-6,14H2/t8-,9+,11+/m1/s1. The van der Waals surface area contributed by atoms with E-state index in [1.54, 1.807) is 12.1 Å². The van der Waals surface area contributed by atoms with Crippen LogP contribution in [0.1, 0.15) is 37.2 Å². The number of nitro groups is 1. The molecule has 3 atom stereocenters. The summed E-state index contributed by atoms with van der Waals surface area (Å²) in [6.07, 6.45) is 5.04. The van der Waals surface area contributed by atoms with Gasteiger partial charge in [-0.2, -0.15) is 0 Å². The molecule has 0 heterocycles. The zero-order valence-corrected chi connectivity index (χ0v) is 9.63. The predicted molar refractivity (Wildman–Crippen MR) is 65.7 cm³/mol. The maximum absolute atomic E-state index is 10.8. The molecule has 0 amide bonds. The summed E-state index contributed by atoms with van der Waals surface area (Å²) in [6.45, 7) is 0. The molecular formula is C13H16N2O2. The van der Waals surface area contributed by atoms with Crippen LogP contribution in [0.15, 0.2) is 18.2 Å². The topological polar surface area (TPSA) is 69.2 Å². The summed E-state index contributed by atoms with van der Waals surface area (Å²) in [7, 11) is 0. The van der Waals surface area contributed by atoms with E-state index in [-0.39, 0.29) is 10.6 Å². The van der Waals surface area contributed by atoms with Crippen molar-refractivity contribution in [3.05, 3.63) is 33.9 Å². The van der Waals surface area contributed by atoms with E-state index in [1.165, 1.54) is 25.3 Å². The van der Waals surface area contributed by atoms with Crippen molar-refractivity contribution >= 4 is 11.4 Å². The first-order valence-electron chi connectivity index (χ1n) is 6.19. The fourth-order valence-corrected chi connectivity index (χ4v) is 3.62. The van der Waals surface area contributed by atoms with Crippen LogP contribution in [0.25, 0.3) is 0 Å². The highest BCUT2D eigenvalue weighted by Gasteiger charge is 2.41. The van der Waals surface area contributed by atoms with Crippen molar-refractivity contribution in [1.29, 1.82) is 0 Å². The molecule has 4 heteroatoms. The third-order valence-corrected chi connectivity index (χ3v) is 4.42. The van der Waals surface area contributed by atoms with Gasteiger partial charge in [0, 0.05) is 17.8 Å². The molecule has 2 aliphatic carbocycles. The Morgan fingerprint density at radius 3 is 2.71 bits per heavy atom. The van der Waals surface area contributed by atoms with Gasteiger partial charge in [0.2, 0.25) is 0 Å². The van der Waals surface area contributed by atoms with E-state index < -0.39 is 0 Å². The number of nitrogens with zero attached hydrogens (tertiary/aromatic N) is 1. The number of benzene rings is 1. The lowest BCUT2D eigenvalue weighted by Gasteiger charge is -2.23. The van der Waals surface area contributed by atoms with Gasteiger partial charge in [-0.3, -0.25) is 10.1 Å². The quantitative estimate of drug-likeness (QED) is 0.484. The Bertz CT molecular complexity index is 472. The SMILES string of the molecule is Nc1ccc([N+](=O)[O-])cc1[C@H]1C[C@@H]2CC[C@H]1C2. The third-order valence-electron chi connectivity index (χ3n) is 4.42. The highest BCUT2D eigenvalue weighted by atomic mass is 16.6. The Kier molecular flexibility index (Phi) is 2.31. The van der Waals surface area contributed by atoms with Crippen molar-refractivity contribution < 1.29 is 4.92 Å². The fourth-order valence-electron chi connectivity index (χ4n) is 3.62. The van der Waals surface area contributed by atoms with Crippen molar-refractivity contribution in [2.45, 2.75) is 31.6 Å². The molecule has 2 saturated carbocycles. The number of anilines is 1. The lowest BCUT2D eigenvalue weighted by Crippen LogP contribution is -2.11. The van der Waals surface area contributed by atoms with Crippen LogP contribution in [0.5, 0.6) is 0 Å². The monoisotopic (exact) mass is 232 g/mol. The summed E-state index contributed by atoms with van der Waals surface area (Å²) in [5, 5.41) is 10.8. The third kappa shape index (κ3) is 1.68. The molecule has 0 spiro atoms.